The lowest BCUT2D eigenvalue weighted by atomic mass is 9.89. The fraction of sp³-hybridized carbons (Fsp3) is 0.625. The molecule has 1 unspecified atom stereocenters. The highest BCUT2D eigenvalue weighted by atomic mass is 16.3. The maximum absolute atomic E-state index is 9.59. The molecule has 1 fully saturated rings. The Hall–Kier alpha value is -1.06. The number of nitrogens with one attached hydrogen (secondary N) is 1. The lowest BCUT2D eigenvalue weighted by Crippen LogP contribution is -2.22. The normalized spacial score (nSPS) is 18.2. The summed E-state index contributed by atoms with van der Waals surface area (Å²) < 4.78 is 0. The van der Waals surface area contributed by atoms with Gasteiger partial charge < -0.3 is 16.2 Å². The summed E-state index contributed by atoms with van der Waals surface area (Å²) in [6, 6.07) is 8.31. The summed E-state index contributed by atoms with van der Waals surface area (Å²) in [5.74, 6) is 0.826. The average molecular weight is 262 g/mol. The first-order valence-electron chi connectivity index (χ1n) is 7.49. The standard InChI is InChI=1S/C16H26N2O/c17-11-16(19)10-14-7-4-8-15(9-14)18-12-13-5-2-1-3-6-13/h4,7-9,13,16,18-19H,1-3,5-6,10-12,17H2. The number of aliphatic hydroxyl groups is 1. The summed E-state index contributed by atoms with van der Waals surface area (Å²) in [5, 5.41) is 13.1. The fourth-order valence-electron chi connectivity index (χ4n) is 2.82. The minimum Gasteiger partial charge on any atom is -0.391 e. The Kier molecular flexibility index (Phi) is 5.67. The Bertz CT molecular complexity index is 375. The maximum Gasteiger partial charge on any atom is 0.0702 e. The zero-order chi connectivity index (χ0) is 13.5. The van der Waals surface area contributed by atoms with Gasteiger partial charge in [-0.2, -0.15) is 0 Å². The molecule has 3 heteroatoms. The molecular weight excluding hydrogens is 236 g/mol. The second kappa shape index (κ2) is 7.51. The predicted octanol–water partition coefficient (Wildman–Crippen LogP) is 2.54. The van der Waals surface area contributed by atoms with Gasteiger partial charge >= 0.3 is 0 Å². The molecule has 0 bridgehead atoms. The predicted molar refractivity (Wildman–Crippen MR) is 80.3 cm³/mol. The summed E-state index contributed by atoms with van der Waals surface area (Å²) in [5.41, 5.74) is 7.75. The van der Waals surface area contributed by atoms with Gasteiger partial charge in [0.15, 0.2) is 0 Å². The average Bonchev–Trinajstić information content (AvgIpc) is 2.46. The van der Waals surface area contributed by atoms with Crippen LogP contribution in [0.15, 0.2) is 24.3 Å². The molecule has 0 aliphatic heterocycles. The number of nitrogens with two attached hydrogens (primary N) is 1. The van der Waals surface area contributed by atoms with Crippen LogP contribution >= 0.6 is 0 Å². The van der Waals surface area contributed by atoms with Gasteiger partial charge in [-0.25, -0.2) is 0 Å². The van der Waals surface area contributed by atoms with Gasteiger partial charge in [-0.3, -0.25) is 0 Å². The van der Waals surface area contributed by atoms with E-state index in [1.165, 1.54) is 32.1 Å². The molecule has 106 valence electrons. The van der Waals surface area contributed by atoms with E-state index in [2.05, 4.69) is 17.4 Å². The van der Waals surface area contributed by atoms with Crippen molar-refractivity contribution < 1.29 is 5.11 Å². The molecule has 2 rings (SSSR count). The molecule has 1 aromatic rings. The van der Waals surface area contributed by atoms with Gasteiger partial charge in [0.25, 0.3) is 0 Å². The lowest BCUT2D eigenvalue weighted by molar-refractivity contribution is 0.183. The van der Waals surface area contributed by atoms with Crippen molar-refractivity contribution >= 4 is 5.69 Å². The number of rotatable bonds is 6. The molecule has 0 heterocycles. The van der Waals surface area contributed by atoms with Crippen molar-refractivity contribution in [3.05, 3.63) is 29.8 Å². The highest BCUT2D eigenvalue weighted by molar-refractivity contribution is 5.45. The zero-order valence-electron chi connectivity index (χ0n) is 11.6. The molecule has 4 N–H and O–H groups in total. The molecule has 1 saturated carbocycles. The van der Waals surface area contributed by atoms with Crippen LogP contribution in [0.25, 0.3) is 0 Å². The Labute approximate surface area is 116 Å². The zero-order valence-corrected chi connectivity index (χ0v) is 11.6. The van der Waals surface area contributed by atoms with Crippen molar-refractivity contribution in [3.63, 3.8) is 0 Å². The van der Waals surface area contributed by atoms with Gasteiger partial charge in [-0.05, 0) is 42.9 Å². The van der Waals surface area contributed by atoms with Crippen LogP contribution in [-0.4, -0.2) is 24.3 Å². The summed E-state index contributed by atoms with van der Waals surface area (Å²) in [6.07, 6.45) is 7.09. The number of hydrogen-bond donors (Lipinski definition) is 3. The van der Waals surface area contributed by atoms with Gasteiger partial charge in [0.2, 0.25) is 0 Å². The molecule has 3 nitrogen and oxygen atoms in total. The van der Waals surface area contributed by atoms with E-state index in [9.17, 15) is 5.11 Å². The Morgan fingerprint density at radius 1 is 1.26 bits per heavy atom. The minimum absolute atomic E-state index is 0.319. The maximum atomic E-state index is 9.59. The highest BCUT2D eigenvalue weighted by Gasteiger charge is 2.12. The van der Waals surface area contributed by atoms with E-state index in [-0.39, 0.29) is 0 Å². The number of hydrogen-bond acceptors (Lipinski definition) is 3. The quantitative estimate of drug-likeness (QED) is 0.738. The van der Waals surface area contributed by atoms with Gasteiger partial charge in [-0.15, -0.1) is 0 Å². The first-order chi connectivity index (χ1) is 9.28. The summed E-state index contributed by atoms with van der Waals surface area (Å²) in [6.45, 7) is 1.39. The third kappa shape index (κ3) is 4.84. The summed E-state index contributed by atoms with van der Waals surface area (Å²) >= 11 is 0. The second-order valence-corrected chi connectivity index (χ2v) is 5.68. The van der Waals surface area contributed by atoms with Crippen molar-refractivity contribution in [2.45, 2.75) is 44.6 Å². The second-order valence-electron chi connectivity index (χ2n) is 5.68. The van der Waals surface area contributed by atoms with Gasteiger partial charge in [-0.1, -0.05) is 31.4 Å². The molecule has 1 aromatic carbocycles. The van der Waals surface area contributed by atoms with Crippen LogP contribution in [0.5, 0.6) is 0 Å². The molecule has 0 spiro atoms. The molecule has 1 aliphatic carbocycles. The van der Waals surface area contributed by atoms with Crippen LogP contribution in [-0.2, 0) is 6.42 Å². The molecule has 0 amide bonds. The smallest absolute Gasteiger partial charge is 0.0702 e. The third-order valence-electron chi connectivity index (χ3n) is 3.99. The number of anilines is 1. The SMILES string of the molecule is NCC(O)Cc1cccc(NCC2CCCCC2)c1. The van der Waals surface area contributed by atoms with Crippen LogP contribution in [0, 0.1) is 5.92 Å². The third-order valence-corrected chi connectivity index (χ3v) is 3.99. The topological polar surface area (TPSA) is 58.3 Å². The lowest BCUT2D eigenvalue weighted by Gasteiger charge is -2.22. The van der Waals surface area contributed by atoms with E-state index < -0.39 is 6.10 Å². The largest absolute Gasteiger partial charge is 0.391 e. The van der Waals surface area contributed by atoms with Gasteiger partial charge in [0.05, 0.1) is 6.10 Å². The summed E-state index contributed by atoms with van der Waals surface area (Å²) in [4.78, 5) is 0. The Morgan fingerprint density at radius 2 is 2.05 bits per heavy atom. The van der Waals surface area contributed by atoms with E-state index in [1.807, 2.05) is 12.1 Å². The molecule has 1 aliphatic rings. The monoisotopic (exact) mass is 262 g/mol. The van der Waals surface area contributed by atoms with E-state index >= 15 is 0 Å². The van der Waals surface area contributed by atoms with Crippen molar-refractivity contribution in [3.8, 4) is 0 Å². The van der Waals surface area contributed by atoms with E-state index in [1.54, 1.807) is 0 Å². The Morgan fingerprint density at radius 3 is 2.79 bits per heavy atom. The molecule has 0 aromatic heterocycles. The number of benzene rings is 1. The van der Waals surface area contributed by atoms with E-state index in [0.29, 0.717) is 13.0 Å². The van der Waals surface area contributed by atoms with Crippen LogP contribution in [0.3, 0.4) is 0 Å². The van der Waals surface area contributed by atoms with E-state index in [0.717, 1.165) is 23.7 Å². The summed E-state index contributed by atoms with van der Waals surface area (Å²) in [7, 11) is 0. The molecule has 19 heavy (non-hydrogen) atoms. The molecule has 0 saturated heterocycles. The van der Waals surface area contributed by atoms with E-state index in [4.69, 9.17) is 5.73 Å². The fourth-order valence-corrected chi connectivity index (χ4v) is 2.82. The number of aliphatic hydroxyl groups excluding tert-OH is 1. The Balaban J connectivity index is 1.84. The highest BCUT2D eigenvalue weighted by Crippen LogP contribution is 2.24. The first kappa shape index (κ1) is 14.4. The van der Waals surface area contributed by atoms with Crippen LogP contribution in [0.4, 0.5) is 5.69 Å². The van der Waals surface area contributed by atoms with Crippen molar-refractivity contribution in [1.82, 2.24) is 0 Å². The van der Waals surface area contributed by atoms with Crippen LogP contribution in [0.2, 0.25) is 0 Å². The van der Waals surface area contributed by atoms with Crippen LogP contribution in [0.1, 0.15) is 37.7 Å². The van der Waals surface area contributed by atoms with Crippen molar-refractivity contribution in [2.75, 3.05) is 18.4 Å². The van der Waals surface area contributed by atoms with Gasteiger partial charge in [0, 0.05) is 18.8 Å². The van der Waals surface area contributed by atoms with Gasteiger partial charge in [0.1, 0.15) is 0 Å². The minimum atomic E-state index is -0.436. The van der Waals surface area contributed by atoms with Crippen molar-refractivity contribution in [2.24, 2.45) is 11.7 Å². The molecular formula is C16H26N2O. The van der Waals surface area contributed by atoms with Crippen LogP contribution < -0.4 is 11.1 Å². The first-order valence-corrected chi connectivity index (χ1v) is 7.49. The van der Waals surface area contributed by atoms with Crippen molar-refractivity contribution in [1.29, 1.82) is 0 Å². The molecule has 0 radical (unpaired) electrons. The molecule has 1 atom stereocenters.